The molecule has 1 saturated heterocycles. The van der Waals surface area contributed by atoms with Gasteiger partial charge in [-0.25, -0.2) is 0 Å². The van der Waals surface area contributed by atoms with E-state index in [1.165, 1.54) is 0 Å². The normalized spacial score (nSPS) is 18.1. The second kappa shape index (κ2) is 7.88. The molecule has 0 radical (unpaired) electrons. The summed E-state index contributed by atoms with van der Waals surface area (Å²) in [7, 11) is 0. The number of piperidine rings is 1. The van der Waals surface area contributed by atoms with Crippen LogP contribution in [0.3, 0.4) is 0 Å². The van der Waals surface area contributed by atoms with E-state index < -0.39 is 0 Å². The smallest absolute Gasteiger partial charge is 0.228 e. The Morgan fingerprint density at radius 3 is 2.38 bits per heavy atom. The van der Waals surface area contributed by atoms with Crippen molar-refractivity contribution in [1.82, 2.24) is 4.90 Å². The number of likely N-dealkylation sites (tertiary alicyclic amines) is 1. The summed E-state index contributed by atoms with van der Waals surface area (Å²) in [6, 6.07) is 18.8. The van der Waals surface area contributed by atoms with E-state index in [0.717, 1.165) is 30.6 Å². The molecule has 1 amide bonds. The maximum atomic E-state index is 12.4. The fourth-order valence-corrected chi connectivity index (χ4v) is 3.10. The van der Waals surface area contributed by atoms with Crippen LogP contribution in [0.2, 0.25) is 0 Å². The van der Waals surface area contributed by atoms with E-state index in [1.54, 1.807) is 0 Å². The Bertz CT molecular complexity index is 685. The predicted molar refractivity (Wildman–Crippen MR) is 95.0 cm³/mol. The van der Waals surface area contributed by atoms with Crippen molar-refractivity contribution in [1.29, 1.82) is 0 Å². The molecule has 4 heteroatoms. The van der Waals surface area contributed by atoms with Gasteiger partial charge in [-0.05, 0) is 31.5 Å². The number of nitrogens with one attached hydrogen (secondary N) is 1. The van der Waals surface area contributed by atoms with E-state index in [9.17, 15) is 9.59 Å². The number of para-hydroxylation sites is 1. The maximum Gasteiger partial charge on any atom is 0.228 e. The number of rotatable bonds is 5. The minimum absolute atomic E-state index is 0.0399. The standard InChI is InChI=1S/C20H22N2O2/c23-19(16-8-3-1-4-9-16)15-22-13-7-10-17(14-22)20(24)21-18-11-5-2-6-12-18/h1-6,8-9,11-12,17H,7,10,13-15H2,(H,21,24). The number of hydrogen-bond donors (Lipinski definition) is 1. The van der Waals surface area contributed by atoms with Gasteiger partial charge >= 0.3 is 0 Å². The molecule has 0 spiro atoms. The minimum atomic E-state index is -0.0671. The van der Waals surface area contributed by atoms with Crippen molar-refractivity contribution in [2.45, 2.75) is 12.8 Å². The number of nitrogens with zero attached hydrogens (tertiary/aromatic N) is 1. The maximum absolute atomic E-state index is 12.4. The van der Waals surface area contributed by atoms with Crippen LogP contribution in [0.15, 0.2) is 60.7 Å². The van der Waals surface area contributed by atoms with Gasteiger partial charge in [-0.2, -0.15) is 0 Å². The van der Waals surface area contributed by atoms with Crippen molar-refractivity contribution < 1.29 is 9.59 Å². The van der Waals surface area contributed by atoms with Gasteiger partial charge in [-0.1, -0.05) is 48.5 Å². The number of hydrogen-bond acceptors (Lipinski definition) is 3. The SMILES string of the molecule is O=C(CN1CCCC(C(=O)Nc2ccccc2)C1)c1ccccc1. The van der Waals surface area contributed by atoms with Crippen LogP contribution in [0.1, 0.15) is 23.2 Å². The molecule has 1 aliphatic rings. The van der Waals surface area contributed by atoms with Crippen molar-refractivity contribution in [2.24, 2.45) is 5.92 Å². The monoisotopic (exact) mass is 322 g/mol. The van der Waals surface area contributed by atoms with Crippen LogP contribution in [0.5, 0.6) is 0 Å². The molecule has 1 aliphatic heterocycles. The van der Waals surface area contributed by atoms with E-state index in [1.807, 2.05) is 60.7 Å². The molecule has 0 aromatic heterocycles. The van der Waals surface area contributed by atoms with Crippen LogP contribution in [-0.2, 0) is 4.79 Å². The van der Waals surface area contributed by atoms with Gasteiger partial charge in [-0.3, -0.25) is 14.5 Å². The molecular formula is C20H22N2O2. The molecule has 1 heterocycles. The van der Waals surface area contributed by atoms with Crippen molar-refractivity contribution in [2.75, 3.05) is 25.0 Å². The van der Waals surface area contributed by atoms with Gasteiger partial charge in [0, 0.05) is 17.8 Å². The van der Waals surface area contributed by atoms with Gasteiger partial charge in [0.2, 0.25) is 5.91 Å². The zero-order chi connectivity index (χ0) is 16.8. The number of anilines is 1. The van der Waals surface area contributed by atoms with E-state index in [2.05, 4.69) is 10.2 Å². The van der Waals surface area contributed by atoms with Crippen LogP contribution in [0, 0.1) is 5.92 Å². The van der Waals surface area contributed by atoms with E-state index >= 15 is 0 Å². The Labute approximate surface area is 142 Å². The molecule has 24 heavy (non-hydrogen) atoms. The number of amides is 1. The summed E-state index contributed by atoms with van der Waals surface area (Å²) < 4.78 is 0. The van der Waals surface area contributed by atoms with Gasteiger partial charge < -0.3 is 5.32 Å². The molecule has 0 bridgehead atoms. The van der Waals surface area contributed by atoms with E-state index in [-0.39, 0.29) is 17.6 Å². The molecule has 3 rings (SSSR count). The van der Waals surface area contributed by atoms with E-state index in [0.29, 0.717) is 13.1 Å². The molecule has 1 fully saturated rings. The van der Waals surface area contributed by atoms with Crippen molar-refractivity contribution >= 4 is 17.4 Å². The fourth-order valence-electron chi connectivity index (χ4n) is 3.10. The Hall–Kier alpha value is -2.46. The summed E-state index contributed by atoms with van der Waals surface area (Å²) in [5, 5.41) is 2.97. The first-order valence-electron chi connectivity index (χ1n) is 8.39. The number of Topliss-reactive ketones (excluding diaryl/α,β-unsaturated/α-hetero) is 1. The number of carbonyl (C=O) groups excluding carboxylic acids is 2. The lowest BCUT2D eigenvalue weighted by Gasteiger charge is -2.31. The van der Waals surface area contributed by atoms with Gasteiger partial charge in [0.1, 0.15) is 0 Å². The first-order valence-corrected chi connectivity index (χ1v) is 8.39. The Balaban J connectivity index is 1.56. The average molecular weight is 322 g/mol. The van der Waals surface area contributed by atoms with Crippen molar-refractivity contribution in [3.63, 3.8) is 0 Å². The zero-order valence-corrected chi connectivity index (χ0v) is 13.7. The molecule has 0 saturated carbocycles. The third-order valence-electron chi connectivity index (χ3n) is 4.38. The summed E-state index contributed by atoms with van der Waals surface area (Å²) in [6.45, 7) is 1.88. The topological polar surface area (TPSA) is 49.4 Å². The van der Waals surface area contributed by atoms with E-state index in [4.69, 9.17) is 0 Å². The molecule has 2 aromatic carbocycles. The molecule has 4 nitrogen and oxygen atoms in total. The minimum Gasteiger partial charge on any atom is -0.326 e. The third kappa shape index (κ3) is 4.30. The number of ketones is 1. The van der Waals surface area contributed by atoms with Gasteiger partial charge in [0.05, 0.1) is 12.5 Å². The van der Waals surface area contributed by atoms with Crippen LogP contribution < -0.4 is 5.32 Å². The molecule has 1 atom stereocenters. The Morgan fingerprint density at radius 1 is 1.00 bits per heavy atom. The largest absolute Gasteiger partial charge is 0.326 e. The van der Waals surface area contributed by atoms with Crippen LogP contribution >= 0.6 is 0 Å². The average Bonchev–Trinajstić information content (AvgIpc) is 2.63. The Morgan fingerprint density at radius 2 is 1.67 bits per heavy atom. The second-order valence-electron chi connectivity index (χ2n) is 6.22. The summed E-state index contributed by atoms with van der Waals surface area (Å²) >= 11 is 0. The molecule has 1 N–H and O–H groups in total. The van der Waals surface area contributed by atoms with Gasteiger partial charge in [-0.15, -0.1) is 0 Å². The first-order chi connectivity index (χ1) is 11.7. The lowest BCUT2D eigenvalue weighted by atomic mass is 9.96. The number of carbonyl (C=O) groups is 2. The third-order valence-corrected chi connectivity index (χ3v) is 4.38. The summed E-state index contributed by atoms with van der Waals surface area (Å²) in [5.74, 6) is 0.0836. The Kier molecular flexibility index (Phi) is 5.39. The fraction of sp³-hybridized carbons (Fsp3) is 0.300. The second-order valence-corrected chi connectivity index (χ2v) is 6.22. The number of benzene rings is 2. The summed E-state index contributed by atoms with van der Waals surface area (Å²) in [4.78, 5) is 26.9. The molecule has 2 aromatic rings. The highest BCUT2D eigenvalue weighted by Gasteiger charge is 2.27. The van der Waals surface area contributed by atoms with Gasteiger partial charge in [0.25, 0.3) is 0 Å². The van der Waals surface area contributed by atoms with Crippen LogP contribution in [0.4, 0.5) is 5.69 Å². The zero-order valence-electron chi connectivity index (χ0n) is 13.7. The molecule has 0 aliphatic carbocycles. The molecular weight excluding hydrogens is 300 g/mol. The predicted octanol–water partition coefficient (Wildman–Crippen LogP) is 3.22. The molecule has 124 valence electrons. The lowest BCUT2D eigenvalue weighted by molar-refractivity contribution is -0.121. The van der Waals surface area contributed by atoms with Gasteiger partial charge in [0.15, 0.2) is 5.78 Å². The molecule has 1 unspecified atom stereocenters. The van der Waals surface area contributed by atoms with Crippen molar-refractivity contribution in [3.8, 4) is 0 Å². The quantitative estimate of drug-likeness (QED) is 0.860. The lowest BCUT2D eigenvalue weighted by Crippen LogP contribution is -2.42. The summed E-state index contributed by atoms with van der Waals surface area (Å²) in [6.07, 6.45) is 1.81. The highest BCUT2D eigenvalue weighted by atomic mass is 16.2. The summed E-state index contributed by atoms with van der Waals surface area (Å²) in [5.41, 5.74) is 1.55. The van der Waals surface area contributed by atoms with Crippen LogP contribution in [-0.4, -0.2) is 36.2 Å². The highest BCUT2D eigenvalue weighted by Crippen LogP contribution is 2.19. The van der Waals surface area contributed by atoms with Crippen LogP contribution in [0.25, 0.3) is 0 Å². The first kappa shape index (κ1) is 16.4. The van der Waals surface area contributed by atoms with Crippen molar-refractivity contribution in [3.05, 3.63) is 66.2 Å². The highest BCUT2D eigenvalue weighted by molar-refractivity contribution is 5.97.